The van der Waals surface area contributed by atoms with Crippen LogP contribution in [0.25, 0.3) is 0 Å². The highest BCUT2D eigenvalue weighted by Crippen LogP contribution is 2.16. The molecule has 100 valence electrons. The topological polar surface area (TPSA) is 55.2 Å². The van der Waals surface area contributed by atoms with Crippen LogP contribution in [0.4, 0.5) is 0 Å². The molecule has 1 amide bonds. The Bertz CT molecular complexity index is 507. The number of amides is 1. The summed E-state index contributed by atoms with van der Waals surface area (Å²) in [7, 11) is 0. The van der Waals surface area contributed by atoms with Crippen molar-refractivity contribution < 1.29 is 4.79 Å². The fraction of sp³-hybridized carbons (Fsp3) is 0.583. The summed E-state index contributed by atoms with van der Waals surface area (Å²) in [5.41, 5.74) is 0.991. The van der Waals surface area contributed by atoms with Crippen molar-refractivity contribution in [2.45, 2.75) is 34.2 Å². The average molecular weight is 316 g/mol. The first-order valence-electron chi connectivity index (χ1n) is 5.93. The molecule has 0 aliphatic carbocycles. The molecular formula is C12H18BrN3O2. The Kier molecular flexibility index (Phi) is 5.07. The second kappa shape index (κ2) is 6.13. The summed E-state index contributed by atoms with van der Waals surface area (Å²) in [4.78, 5) is 29.4. The van der Waals surface area contributed by atoms with E-state index in [4.69, 9.17) is 0 Å². The van der Waals surface area contributed by atoms with Crippen molar-refractivity contribution in [1.29, 1.82) is 0 Å². The molecule has 1 aromatic rings. The van der Waals surface area contributed by atoms with Gasteiger partial charge in [-0.25, -0.2) is 4.79 Å². The summed E-state index contributed by atoms with van der Waals surface area (Å²) in [5.74, 6) is -0.0669. The summed E-state index contributed by atoms with van der Waals surface area (Å²) in [6.45, 7) is 8.72. The van der Waals surface area contributed by atoms with Gasteiger partial charge in [-0.3, -0.25) is 9.36 Å². The van der Waals surface area contributed by atoms with Crippen LogP contribution in [0.5, 0.6) is 0 Å². The number of hydrogen-bond donors (Lipinski definition) is 0. The van der Waals surface area contributed by atoms with Crippen molar-refractivity contribution in [3.05, 3.63) is 26.3 Å². The highest BCUT2D eigenvalue weighted by Gasteiger charge is 2.15. The molecule has 0 bridgehead atoms. The SMILES string of the molecule is CCN(CC)C(=O)Cn1c(C)c(Br)c(C)nc1=O. The number of hydrogen-bond acceptors (Lipinski definition) is 3. The smallest absolute Gasteiger partial charge is 0.342 e. The molecule has 0 unspecified atom stereocenters. The lowest BCUT2D eigenvalue weighted by atomic mass is 10.3. The molecule has 0 saturated carbocycles. The van der Waals surface area contributed by atoms with E-state index in [1.165, 1.54) is 4.57 Å². The largest absolute Gasteiger partial charge is 0.348 e. The van der Waals surface area contributed by atoms with E-state index >= 15 is 0 Å². The first-order valence-corrected chi connectivity index (χ1v) is 6.72. The zero-order valence-corrected chi connectivity index (χ0v) is 12.7. The van der Waals surface area contributed by atoms with Gasteiger partial charge in [-0.05, 0) is 43.6 Å². The summed E-state index contributed by atoms with van der Waals surface area (Å²) in [6, 6.07) is 0. The third-order valence-electron chi connectivity index (χ3n) is 2.94. The van der Waals surface area contributed by atoms with Crippen molar-refractivity contribution >= 4 is 21.8 Å². The highest BCUT2D eigenvalue weighted by molar-refractivity contribution is 9.10. The Labute approximate surface area is 115 Å². The summed E-state index contributed by atoms with van der Waals surface area (Å²) < 4.78 is 2.17. The fourth-order valence-corrected chi connectivity index (χ4v) is 2.08. The monoisotopic (exact) mass is 315 g/mol. The van der Waals surface area contributed by atoms with Gasteiger partial charge >= 0.3 is 5.69 Å². The minimum atomic E-state index is -0.381. The van der Waals surface area contributed by atoms with Crippen molar-refractivity contribution in [2.75, 3.05) is 13.1 Å². The van der Waals surface area contributed by atoms with Gasteiger partial charge < -0.3 is 4.90 Å². The highest BCUT2D eigenvalue weighted by atomic mass is 79.9. The van der Waals surface area contributed by atoms with Gasteiger partial charge in [0.1, 0.15) is 6.54 Å². The first kappa shape index (κ1) is 14.9. The quantitative estimate of drug-likeness (QED) is 0.846. The minimum absolute atomic E-state index is 0.0399. The van der Waals surface area contributed by atoms with Gasteiger partial charge in [0.2, 0.25) is 5.91 Å². The maximum Gasteiger partial charge on any atom is 0.348 e. The van der Waals surface area contributed by atoms with E-state index in [1.54, 1.807) is 18.7 Å². The van der Waals surface area contributed by atoms with Gasteiger partial charge in [-0.15, -0.1) is 0 Å². The maximum absolute atomic E-state index is 12.0. The van der Waals surface area contributed by atoms with Crippen molar-refractivity contribution in [3.63, 3.8) is 0 Å². The lowest BCUT2D eigenvalue weighted by molar-refractivity contribution is -0.131. The lowest BCUT2D eigenvalue weighted by Crippen LogP contribution is -2.38. The number of likely N-dealkylation sites (N-methyl/N-ethyl adjacent to an activating group) is 1. The molecule has 0 saturated heterocycles. The number of aryl methyl sites for hydroxylation is 1. The van der Waals surface area contributed by atoms with Crippen molar-refractivity contribution in [1.82, 2.24) is 14.5 Å². The number of carbonyl (C=O) groups excluding carboxylic acids is 1. The van der Waals surface area contributed by atoms with E-state index in [-0.39, 0.29) is 18.1 Å². The molecule has 0 spiro atoms. The average Bonchev–Trinajstić information content (AvgIpc) is 2.33. The Balaban J connectivity index is 3.09. The number of rotatable bonds is 4. The van der Waals surface area contributed by atoms with Crippen LogP contribution >= 0.6 is 15.9 Å². The van der Waals surface area contributed by atoms with Crippen LogP contribution in [0.1, 0.15) is 25.2 Å². The predicted octanol–water partition coefficient (Wildman–Crippen LogP) is 1.49. The molecule has 6 heteroatoms. The van der Waals surface area contributed by atoms with Crippen LogP contribution in [0.15, 0.2) is 9.27 Å². The van der Waals surface area contributed by atoms with Gasteiger partial charge in [0.25, 0.3) is 0 Å². The van der Waals surface area contributed by atoms with Crippen molar-refractivity contribution in [3.8, 4) is 0 Å². The van der Waals surface area contributed by atoms with Crippen LogP contribution < -0.4 is 5.69 Å². The third kappa shape index (κ3) is 2.98. The zero-order chi connectivity index (χ0) is 13.9. The summed E-state index contributed by atoms with van der Waals surface area (Å²) in [5, 5.41) is 0. The number of carbonyl (C=O) groups is 1. The Morgan fingerprint density at radius 3 is 2.39 bits per heavy atom. The van der Waals surface area contributed by atoms with Gasteiger partial charge in [-0.1, -0.05) is 0 Å². The predicted molar refractivity (Wildman–Crippen MR) is 73.6 cm³/mol. The standard InChI is InChI=1S/C12H18BrN3O2/c1-5-15(6-2)10(17)7-16-9(4)11(13)8(3)14-12(16)18/h5-7H2,1-4H3. The molecule has 0 radical (unpaired) electrons. The van der Waals surface area contributed by atoms with Crippen LogP contribution in [-0.2, 0) is 11.3 Å². The molecule has 1 aromatic heterocycles. The molecule has 0 atom stereocenters. The van der Waals surface area contributed by atoms with Crippen LogP contribution in [0.3, 0.4) is 0 Å². The molecule has 0 aliphatic heterocycles. The molecule has 1 heterocycles. The molecule has 0 N–H and O–H groups in total. The van der Waals surface area contributed by atoms with Gasteiger partial charge in [-0.2, -0.15) is 4.98 Å². The van der Waals surface area contributed by atoms with Gasteiger partial charge in [0.15, 0.2) is 0 Å². The third-order valence-corrected chi connectivity index (χ3v) is 4.09. The second-order valence-electron chi connectivity index (χ2n) is 4.03. The molecule has 0 aromatic carbocycles. The first-order chi connectivity index (χ1) is 8.42. The van der Waals surface area contributed by atoms with E-state index in [9.17, 15) is 9.59 Å². The van der Waals surface area contributed by atoms with Gasteiger partial charge in [0.05, 0.1) is 10.2 Å². The lowest BCUT2D eigenvalue weighted by Gasteiger charge is -2.20. The molecule has 1 rings (SSSR count). The Morgan fingerprint density at radius 2 is 1.89 bits per heavy atom. The molecule has 0 fully saturated rings. The zero-order valence-electron chi connectivity index (χ0n) is 11.2. The minimum Gasteiger partial charge on any atom is -0.342 e. The van der Waals surface area contributed by atoms with Crippen LogP contribution in [0.2, 0.25) is 0 Å². The van der Waals surface area contributed by atoms with Crippen LogP contribution in [-0.4, -0.2) is 33.4 Å². The summed E-state index contributed by atoms with van der Waals surface area (Å²) in [6.07, 6.45) is 0. The molecule has 5 nitrogen and oxygen atoms in total. The second-order valence-corrected chi connectivity index (χ2v) is 4.82. The fourth-order valence-electron chi connectivity index (χ4n) is 1.77. The normalized spacial score (nSPS) is 10.5. The number of halogens is 1. The molecule has 18 heavy (non-hydrogen) atoms. The van der Waals surface area contributed by atoms with E-state index < -0.39 is 0 Å². The van der Waals surface area contributed by atoms with E-state index in [0.29, 0.717) is 18.8 Å². The van der Waals surface area contributed by atoms with E-state index in [0.717, 1.165) is 10.2 Å². The number of nitrogens with zero attached hydrogens (tertiary/aromatic N) is 3. The molecular weight excluding hydrogens is 298 g/mol. The van der Waals surface area contributed by atoms with Crippen molar-refractivity contribution in [2.24, 2.45) is 0 Å². The van der Waals surface area contributed by atoms with E-state index in [2.05, 4.69) is 20.9 Å². The summed E-state index contributed by atoms with van der Waals surface area (Å²) >= 11 is 3.38. The van der Waals surface area contributed by atoms with Gasteiger partial charge in [0, 0.05) is 18.8 Å². The maximum atomic E-state index is 12.0. The Hall–Kier alpha value is -1.17. The molecule has 0 aliphatic rings. The van der Waals surface area contributed by atoms with Crippen LogP contribution in [0, 0.1) is 13.8 Å². The Morgan fingerprint density at radius 1 is 1.33 bits per heavy atom. The number of aromatic nitrogens is 2. The van der Waals surface area contributed by atoms with E-state index in [1.807, 2.05) is 13.8 Å².